The van der Waals surface area contributed by atoms with Crippen LogP contribution in [0.5, 0.6) is 0 Å². The molecule has 3 aliphatic rings. The number of hydrogen-bond donors (Lipinski definition) is 1. The summed E-state index contributed by atoms with van der Waals surface area (Å²) in [6.45, 7) is 0.800. The maximum Gasteiger partial charge on any atom is 0.330 e. The van der Waals surface area contributed by atoms with Crippen molar-refractivity contribution in [2.45, 2.75) is 38.1 Å². The minimum absolute atomic E-state index is 0.0327. The number of rotatable bonds is 4. The molecule has 3 heterocycles. The Kier molecular flexibility index (Phi) is 5.11. The van der Waals surface area contributed by atoms with E-state index in [2.05, 4.69) is 5.32 Å². The lowest BCUT2D eigenvalue weighted by Crippen LogP contribution is -2.72. The molecular formula is C24H24N4O5. The predicted octanol–water partition coefficient (Wildman–Crippen LogP) is 2.82. The molecule has 2 aromatic rings. The summed E-state index contributed by atoms with van der Waals surface area (Å²) in [6, 6.07) is 13.0. The van der Waals surface area contributed by atoms with Crippen LogP contribution < -0.4 is 10.2 Å². The Labute approximate surface area is 190 Å². The van der Waals surface area contributed by atoms with Gasteiger partial charge in [-0.25, -0.2) is 4.79 Å². The molecular weight excluding hydrogens is 424 g/mol. The number of hydrogen-bond acceptors (Lipinski definition) is 6. The number of imide groups is 2. The number of piperidine rings is 1. The first kappa shape index (κ1) is 21.1. The fourth-order valence-electron chi connectivity index (χ4n) is 5.50. The highest BCUT2D eigenvalue weighted by molar-refractivity contribution is 6.20. The summed E-state index contributed by atoms with van der Waals surface area (Å²) in [5.74, 6) is -1.12. The molecule has 0 bridgehead atoms. The van der Waals surface area contributed by atoms with Crippen LogP contribution in [0.2, 0.25) is 0 Å². The number of benzene rings is 2. The van der Waals surface area contributed by atoms with E-state index in [1.54, 1.807) is 6.07 Å². The number of nitro groups is 1. The zero-order chi connectivity index (χ0) is 23.2. The molecule has 1 spiro atoms. The van der Waals surface area contributed by atoms with Crippen molar-refractivity contribution in [2.24, 2.45) is 5.41 Å². The number of nitrogens with zero attached hydrogens (tertiary/aromatic N) is 3. The van der Waals surface area contributed by atoms with E-state index in [-0.39, 0.29) is 18.7 Å². The van der Waals surface area contributed by atoms with Crippen LogP contribution in [0.25, 0.3) is 0 Å². The summed E-state index contributed by atoms with van der Waals surface area (Å²) >= 11 is 0. The highest BCUT2D eigenvalue weighted by Crippen LogP contribution is 2.48. The molecule has 9 nitrogen and oxygen atoms in total. The van der Waals surface area contributed by atoms with Crippen molar-refractivity contribution in [3.63, 3.8) is 0 Å². The number of anilines is 1. The van der Waals surface area contributed by atoms with Crippen LogP contribution in [0.3, 0.4) is 0 Å². The van der Waals surface area contributed by atoms with Gasteiger partial charge in [0.25, 0.3) is 5.69 Å². The van der Waals surface area contributed by atoms with Gasteiger partial charge in [0.05, 0.1) is 11.0 Å². The maximum atomic E-state index is 13.9. The summed E-state index contributed by atoms with van der Waals surface area (Å²) in [7, 11) is 0. The number of nitro benzene ring substituents is 1. The van der Waals surface area contributed by atoms with Gasteiger partial charge < -0.3 is 4.90 Å². The first-order chi connectivity index (χ1) is 15.9. The molecule has 9 heteroatoms. The van der Waals surface area contributed by atoms with Gasteiger partial charge >= 0.3 is 6.03 Å². The van der Waals surface area contributed by atoms with Crippen molar-refractivity contribution in [3.05, 3.63) is 69.8 Å². The van der Waals surface area contributed by atoms with E-state index in [0.717, 1.165) is 29.0 Å². The fraction of sp³-hybridized carbons (Fsp3) is 0.375. The van der Waals surface area contributed by atoms with Gasteiger partial charge in [0.1, 0.15) is 0 Å². The molecule has 5 rings (SSSR count). The van der Waals surface area contributed by atoms with Crippen molar-refractivity contribution in [2.75, 3.05) is 18.0 Å². The zero-order valence-electron chi connectivity index (χ0n) is 18.0. The second kappa shape index (κ2) is 7.99. The van der Waals surface area contributed by atoms with E-state index in [1.165, 1.54) is 12.1 Å². The fourth-order valence-corrected chi connectivity index (χ4v) is 5.50. The summed E-state index contributed by atoms with van der Waals surface area (Å²) in [5.41, 5.74) is 0.813. The molecule has 170 valence electrons. The molecule has 0 aromatic heterocycles. The number of amides is 4. The molecule has 0 aliphatic carbocycles. The van der Waals surface area contributed by atoms with Crippen molar-refractivity contribution in [3.8, 4) is 0 Å². The third kappa shape index (κ3) is 3.35. The summed E-state index contributed by atoms with van der Waals surface area (Å²) in [6.07, 6.45) is 2.90. The Morgan fingerprint density at radius 1 is 1.09 bits per heavy atom. The largest absolute Gasteiger partial charge is 0.367 e. The normalized spacial score (nSPS) is 24.4. The van der Waals surface area contributed by atoms with Crippen LogP contribution in [-0.2, 0) is 22.4 Å². The average Bonchev–Trinajstić information content (AvgIpc) is 2.82. The minimum atomic E-state index is -1.49. The standard InChI is InChI=1S/C24H24N4O5/c29-21-24(22(30)27(23(31)25-21)13-11-16-6-2-1-3-7-16)15-17-14-18(28(32)33)9-10-19(17)26-12-5-4-8-20(24)26/h1-3,6-7,9-10,14,20H,4-5,8,11-13,15H2,(H,25,29,31)/t20-,24+/m1/s1. The second-order valence-corrected chi connectivity index (χ2v) is 8.87. The molecule has 2 fully saturated rings. The van der Waals surface area contributed by atoms with E-state index < -0.39 is 34.2 Å². The van der Waals surface area contributed by atoms with Crippen LogP contribution in [0.15, 0.2) is 48.5 Å². The van der Waals surface area contributed by atoms with Gasteiger partial charge in [-0.3, -0.25) is 29.9 Å². The van der Waals surface area contributed by atoms with Crippen molar-refractivity contribution < 1.29 is 19.3 Å². The molecule has 4 amide bonds. The van der Waals surface area contributed by atoms with Crippen molar-refractivity contribution >= 4 is 29.2 Å². The Morgan fingerprint density at radius 3 is 2.64 bits per heavy atom. The quantitative estimate of drug-likeness (QED) is 0.437. The summed E-state index contributed by atoms with van der Waals surface area (Å²) in [5, 5.41) is 13.8. The zero-order valence-corrected chi connectivity index (χ0v) is 18.0. The van der Waals surface area contributed by atoms with Gasteiger partial charge in [0, 0.05) is 37.3 Å². The highest BCUT2D eigenvalue weighted by atomic mass is 16.6. The molecule has 2 atom stereocenters. The van der Waals surface area contributed by atoms with Gasteiger partial charge in [0.2, 0.25) is 11.8 Å². The van der Waals surface area contributed by atoms with Crippen molar-refractivity contribution in [1.82, 2.24) is 10.2 Å². The minimum Gasteiger partial charge on any atom is -0.367 e. The molecule has 0 radical (unpaired) electrons. The number of barbiturate groups is 1. The van der Waals surface area contributed by atoms with E-state index >= 15 is 0 Å². The molecule has 2 saturated heterocycles. The lowest BCUT2D eigenvalue weighted by molar-refractivity contribution is -0.384. The predicted molar refractivity (Wildman–Crippen MR) is 120 cm³/mol. The SMILES string of the molecule is O=C1NC(=O)[C@@]2(Cc3cc([N+](=O)[O-])ccc3N3CCCC[C@@H]32)C(=O)N1CCc1ccccc1. The third-order valence-corrected chi connectivity index (χ3v) is 7.09. The van der Waals surface area contributed by atoms with E-state index in [0.29, 0.717) is 24.9 Å². The summed E-state index contributed by atoms with van der Waals surface area (Å²) in [4.78, 5) is 54.0. The lowest BCUT2D eigenvalue weighted by Gasteiger charge is -2.53. The Bertz CT molecular complexity index is 1150. The number of urea groups is 1. The highest BCUT2D eigenvalue weighted by Gasteiger charge is 2.62. The van der Waals surface area contributed by atoms with Gasteiger partial charge in [0.15, 0.2) is 5.41 Å². The van der Waals surface area contributed by atoms with Crippen LogP contribution in [0, 0.1) is 15.5 Å². The van der Waals surface area contributed by atoms with Gasteiger partial charge in [-0.2, -0.15) is 0 Å². The molecule has 0 unspecified atom stereocenters. The Balaban J connectivity index is 1.54. The monoisotopic (exact) mass is 448 g/mol. The second-order valence-electron chi connectivity index (χ2n) is 8.87. The molecule has 3 aliphatic heterocycles. The Hall–Kier alpha value is -3.75. The first-order valence-electron chi connectivity index (χ1n) is 11.2. The number of non-ortho nitro benzene ring substituents is 1. The smallest absolute Gasteiger partial charge is 0.330 e. The molecule has 1 N–H and O–H groups in total. The van der Waals surface area contributed by atoms with Crippen LogP contribution in [-0.4, -0.2) is 46.8 Å². The Morgan fingerprint density at radius 2 is 1.88 bits per heavy atom. The molecule has 33 heavy (non-hydrogen) atoms. The van der Waals surface area contributed by atoms with E-state index in [1.807, 2.05) is 35.2 Å². The average molecular weight is 448 g/mol. The topological polar surface area (TPSA) is 113 Å². The van der Waals surface area contributed by atoms with Crippen LogP contribution in [0.4, 0.5) is 16.2 Å². The molecule has 2 aromatic carbocycles. The van der Waals surface area contributed by atoms with Gasteiger partial charge in [-0.1, -0.05) is 30.3 Å². The van der Waals surface area contributed by atoms with E-state index in [4.69, 9.17) is 0 Å². The van der Waals surface area contributed by atoms with E-state index in [9.17, 15) is 24.5 Å². The number of nitrogens with one attached hydrogen (secondary N) is 1. The number of carbonyl (C=O) groups is 3. The van der Waals surface area contributed by atoms with Crippen molar-refractivity contribution in [1.29, 1.82) is 0 Å². The summed E-state index contributed by atoms with van der Waals surface area (Å²) < 4.78 is 0. The lowest BCUT2D eigenvalue weighted by atomic mass is 9.66. The van der Waals surface area contributed by atoms with Gasteiger partial charge in [-0.15, -0.1) is 0 Å². The maximum absolute atomic E-state index is 13.9. The number of carbonyl (C=O) groups excluding carboxylic acids is 3. The third-order valence-electron chi connectivity index (χ3n) is 7.09. The van der Waals surface area contributed by atoms with Gasteiger partial charge in [-0.05, 0) is 42.9 Å². The molecule has 0 saturated carbocycles. The van der Waals surface area contributed by atoms with Crippen LogP contribution >= 0.6 is 0 Å². The van der Waals surface area contributed by atoms with Crippen LogP contribution in [0.1, 0.15) is 30.4 Å². The number of fused-ring (bicyclic) bond motifs is 4. The first-order valence-corrected chi connectivity index (χ1v) is 11.2.